The molecule has 2 aromatic heterocycles. The second kappa shape index (κ2) is 4.16. The Bertz CT molecular complexity index is 602. The maximum absolute atomic E-state index is 11.4. The number of Topliss-reactive ketones (excluding diaryl/α,β-unsaturated/α-hetero) is 1. The highest BCUT2D eigenvalue weighted by Crippen LogP contribution is 2.28. The van der Waals surface area contributed by atoms with Crippen LogP contribution in [0.5, 0.6) is 0 Å². The van der Waals surface area contributed by atoms with Gasteiger partial charge in [-0.25, -0.2) is 4.98 Å². The van der Waals surface area contributed by atoms with Gasteiger partial charge in [-0.2, -0.15) is 0 Å². The van der Waals surface area contributed by atoms with Crippen molar-refractivity contribution < 1.29 is 4.79 Å². The van der Waals surface area contributed by atoms with Crippen LogP contribution < -0.4 is 4.90 Å². The number of carbonyl (C=O) groups excluding carboxylic acids is 1. The minimum atomic E-state index is 0.0800. The summed E-state index contributed by atoms with van der Waals surface area (Å²) in [6.45, 7) is 5.89. The molecule has 94 valence electrons. The largest absolute Gasteiger partial charge is 0.339 e. The molecule has 0 radical (unpaired) electrons. The smallest absolute Gasteiger partial charge is 0.186 e. The lowest BCUT2D eigenvalue weighted by Gasteiger charge is -2.26. The number of rotatable bonds is 2. The van der Waals surface area contributed by atoms with Gasteiger partial charge in [0.25, 0.3) is 0 Å². The Balaban J connectivity index is 1.89. The molecule has 3 rings (SSSR count). The van der Waals surface area contributed by atoms with Crippen molar-refractivity contribution in [2.24, 2.45) is 0 Å². The normalized spacial score (nSPS) is 14.7. The lowest BCUT2D eigenvalue weighted by molar-refractivity contribution is 0.102. The molecule has 2 aromatic rings. The summed E-state index contributed by atoms with van der Waals surface area (Å²) < 4.78 is 2.04. The number of hydrogen-bond acceptors (Lipinski definition) is 6. The molecule has 0 bridgehead atoms. The van der Waals surface area contributed by atoms with E-state index in [1.807, 2.05) is 11.5 Å². The van der Waals surface area contributed by atoms with Crippen molar-refractivity contribution in [2.75, 3.05) is 11.4 Å². The molecule has 0 aromatic carbocycles. The van der Waals surface area contributed by atoms with Crippen molar-refractivity contribution in [3.05, 3.63) is 22.7 Å². The zero-order chi connectivity index (χ0) is 12.7. The zero-order valence-corrected chi connectivity index (χ0v) is 11.1. The molecule has 6 nitrogen and oxygen atoms in total. The topological polar surface area (TPSA) is 63.9 Å². The molecule has 0 unspecified atom stereocenters. The Morgan fingerprint density at radius 1 is 1.44 bits per heavy atom. The number of carbonyl (C=O) groups is 1. The van der Waals surface area contributed by atoms with E-state index < -0.39 is 0 Å². The van der Waals surface area contributed by atoms with Crippen molar-refractivity contribution in [2.45, 2.75) is 26.9 Å². The van der Waals surface area contributed by atoms with Crippen molar-refractivity contribution in [3.8, 4) is 0 Å². The molecule has 0 amide bonds. The molecule has 0 atom stereocenters. The Labute approximate surface area is 108 Å². The fourth-order valence-corrected chi connectivity index (χ4v) is 3.06. The van der Waals surface area contributed by atoms with E-state index >= 15 is 0 Å². The molecule has 7 heteroatoms. The lowest BCUT2D eigenvalue weighted by atomic mass is 10.3. The number of thiazole rings is 1. The van der Waals surface area contributed by atoms with Crippen LogP contribution in [0.15, 0.2) is 6.33 Å². The van der Waals surface area contributed by atoms with Gasteiger partial charge < -0.3 is 9.47 Å². The van der Waals surface area contributed by atoms with Crippen LogP contribution in [0.4, 0.5) is 5.13 Å². The molecule has 0 saturated carbocycles. The molecule has 18 heavy (non-hydrogen) atoms. The van der Waals surface area contributed by atoms with Crippen LogP contribution in [0.3, 0.4) is 0 Å². The Morgan fingerprint density at radius 3 is 3.00 bits per heavy atom. The van der Waals surface area contributed by atoms with E-state index in [0.29, 0.717) is 6.54 Å². The van der Waals surface area contributed by atoms with Gasteiger partial charge >= 0.3 is 0 Å². The summed E-state index contributed by atoms with van der Waals surface area (Å²) in [6.07, 6.45) is 1.75. The third kappa shape index (κ3) is 1.80. The van der Waals surface area contributed by atoms with Crippen molar-refractivity contribution >= 4 is 22.3 Å². The van der Waals surface area contributed by atoms with Gasteiger partial charge in [-0.15, -0.1) is 10.2 Å². The Kier molecular flexibility index (Phi) is 2.62. The third-order valence-electron chi connectivity index (χ3n) is 3.01. The summed E-state index contributed by atoms with van der Waals surface area (Å²) in [5, 5.41) is 8.87. The average molecular weight is 263 g/mol. The molecule has 0 spiro atoms. The lowest BCUT2D eigenvalue weighted by Crippen LogP contribution is -2.33. The van der Waals surface area contributed by atoms with Crippen LogP contribution in [-0.2, 0) is 13.1 Å². The number of aryl methyl sites for hydroxylation is 1. The molecule has 1 aliphatic heterocycles. The molecule has 1 aliphatic rings. The van der Waals surface area contributed by atoms with Gasteiger partial charge in [0, 0.05) is 20.0 Å². The Hall–Kier alpha value is -1.76. The summed E-state index contributed by atoms with van der Waals surface area (Å²) in [4.78, 5) is 18.8. The third-order valence-corrected chi connectivity index (χ3v) is 4.33. The predicted octanol–water partition coefficient (Wildman–Crippen LogP) is 1.27. The summed E-state index contributed by atoms with van der Waals surface area (Å²) in [5.74, 6) is 1.02. The van der Waals surface area contributed by atoms with Crippen LogP contribution in [0.2, 0.25) is 0 Å². The van der Waals surface area contributed by atoms with Crippen molar-refractivity contribution in [1.82, 2.24) is 19.7 Å². The first-order chi connectivity index (χ1) is 8.65. The highest BCUT2D eigenvalue weighted by Gasteiger charge is 2.22. The van der Waals surface area contributed by atoms with Gasteiger partial charge in [0.05, 0.1) is 17.1 Å². The number of aromatic nitrogens is 4. The van der Waals surface area contributed by atoms with Crippen molar-refractivity contribution in [1.29, 1.82) is 0 Å². The maximum atomic E-state index is 11.4. The first-order valence-corrected chi connectivity index (χ1v) is 6.57. The summed E-state index contributed by atoms with van der Waals surface area (Å²) >= 11 is 1.46. The number of anilines is 1. The summed E-state index contributed by atoms with van der Waals surface area (Å²) in [5.41, 5.74) is 0.814. The highest BCUT2D eigenvalue weighted by molar-refractivity contribution is 7.17. The number of hydrogen-bond donors (Lipinski definition) is 0. The fourth-order valence-electron chi connectivity index (χ4n) is 2.07. The fraction of sp³-hybridized carbons (Fsp3) is 0.455. The van der Waals surface area contributed by atoms with E-state index in [-0.39, 0.29) is 5.78 Å². The quantitative estimate of drug-likeness (QED) is 0.763. The van der Waals surface area contributed by atoms with Gasteiger partial charge in [0.2, 0.25) is 0 Å². The van der Waals surface area contributed by atoms with Crippen LogP contribution in [0.1, 0.15) is 28.1 Å². The van der Waals surface area contributed by atoms with E-state index in [1.165, 1.54) is 11.3 Å². The zero-order valence-electron chi connectivity index (χ0n) is 10.3. The summed E-state index contributed by atoms with van der Waals surface area (Å²) in [7, 11) is 0. The van der Waals surface area contributed by atoms with Crippen LogP contribution in [0.25, 0.3) is 0 Å². The van der Waals surface area contributed by atoms with E-state index in [0.717, 1.165) is 34.6 Å². The van der Waals surface area contributed by atoms with Crippen molar-refractivity contribution in [3.63, 3.8) is 0 Å². The first-order valence-electron chi connectivity index (χ1n) is 5.75. The maximum Gasteiger partial charge on any atom is 0.186 e. The Morgan fingerprint density at radius 2 is 2.28 bits per heavy atom. The van der Waals surface area contributed by atoms with E-state index in [9.17, 15) is 4.79 Å². The van der Waals surface area contributed by atoms with Gasteiger partial charge in [-0.3, -0.25) is 4.79 Å². The standard InChI is InChI=1S/C11H13N5OS/c1-7-10(8(2)17)18-11(13-7)15-3-4-16-6-12-14-9(16)5-15/h6H,3-5H2,1-2H3. The molecule has 0 saturated heterocycles. The van der Waals surface area contributed by atoms with E-state index in [4.69, 9.17) is 0 Å². The molecule has 0 fully saturated rings. The van der Waals surface area contributed by atoms with Gasteiger partial charge in [-0.05, 0) is 6.92 Å². The monoisotopic (exact) mass is 263 g/mol. The van der Waals surface area contributed by atoms with Gasteiger partial charge in [0.1, 0.15) is 6.33 Å². The highest BCUT2D eigenvalue weighted by atomic mass is 32.1. The number of ketones is 1. The SMILES string of the molecule is CC(=O)c1sc(N2CCn3cnnc3C2)nc1C. The average Bonchev–Trinajstić information content (AvgIpc) is 2.93. The summed E-state index contributed by atoms with van der Waals surface area (Å²) in [6, 6.07) is 0. The predicted molar refractivity (Wildman–Crippen MR) is 67.9 cm³/mol. The molecular formula is C11H13N5OS. The first kappa shape index (κ1) is 11.3. The molecular weight excluding hydrogens is 250 g/mol. The second-order valence-electron chi connectivity index (χ2n) is 4.33. The van der Waals surface area contributed by atoms with Crippen LogP contribution in [0, 0.1) is 6.92 Å². The van der Waals surface area contributed by atoms with Crippen LogP contribution >= 0.6 is 11.3 Å². The molecule has 0 aliphatic carbocycles. The van der Waals surface area contributed by atoms with Gasteiger partial charge in [-0.1, -0.05) is 11.3 Å². The molecule has 3 heterocycles. The number of nitrogens with zero attached hydrogens (tertiary/aromatic N) is 5. The molecule has 0 N–H and O–H groups in total. The van der Waals surface area contributed by atoms with E-state index in [2.05, 4.69) is 20.1 Å². The minimum absolute atomic E-state index is 0.0800. The number of fused-ring (bicyclic) bond motifs is 1. The second-order valence-corrected chi connectivity index (χ2v) is 5.31. The van der Waals surface area contributed by atoms with E-state index in [1.54, 1.807) is 13.3 Å². The minimum Gasteiger partial charge on any atom is -0.339 e. The van der Waals surface area contributed by atoms with Gasteiger partial charge in [0.15, 0.2) is 16.7 Å². The van der Waals surface area contributed by atoms with Crippen LogP contribution in [-0.4, -0.2) is 32.1 Å².